The Morgan fingerprint density at radius 1 is 1.26 bits per heavy atom. The van der Waals surface area contributed by atoms with Crippen molar-refractivity contribution in [2.45, 2.75) is 26.1 Å². The van der Waals surface area contributed by atoms with Crippen molar-refractivity contribution in [2.75, 3.05) is 25.4 Å². The van der Waals surface area contributed by atoms with Crippen molar-refractivity contribution in [2.24, 2.45) is 0 Å². The van der Waals surface area contributed by atoms with Crippen LogP contribution in [0.4, 0.5) is 0 Å². The molecule has 0 saturated carbocycles. The molecule has 9 heteroatoms. The summed E-state index contributed by atoms with van der Waals surface area (Å²) >= 11 is 5.86. The highest BCUT2D eigenvalue weighted by atomic mass is 35.5. The summed E-state index contributed by atoms with van der Waals surface area (Å²) in [5.41, 5.74) is 1.13. The zero-order valence-corrected chi connectivity index (χ0v) is 16.8. The van der Waals surface area contributed by atoms with Crippen molar-refractivity contribution >= 4 is 38.4 Å². The van der Waals surface area contributed by atoms with Crippen LogP contribution in [-0.2, 0) is 14.8 Å². The lowest BCUT2D eigenvalue weighted by Crippen LogP contribution is -2.49. The zero-order chi connectivity index (χ0) is 19.6. The zero-order valence-electron chi connectivity index (χ0n) is 15.2. The van der Waals surface area contributed by atoms with Crippen LogP contribution >= 0.6 is 11.6 Å². The summed E-state index contributed by atoms with van der Waals surface area (Å²) in [5.74, 6) is -0.478. The molecule has 1 amide bonds. The maximum atomic E-state index is 12.5. The number of amides is 1. The van der Waals surface area contributed by atoms with Crippen LogP contribution in [0.5, 0.6) is 0 Å². The number of rotatable bonds is 5. The van der Waals surface area contributed by atoms with E-state index < -0.39 is 10.0 Å². The summed E-state index contributed by atoms with van der Waals surface area (Å²) in [6.45, 7) is 4.41. The molecule has 2 heterocycles. The van der Waals surface area contributed by atoms with Gasteiger partial charge in [0.15, 0.2) is 0 Å². The summed E-state index contributed by atoms with van der Waals surface area (Å²) in [7, 11) is -3.45. The average molecular weight is 412 g/mol. The molecule has 1 aliphatic heterocycles. The maximum absolute atomic E-state index is 12.5. The highest BCUT2D eigenvalue weighted by molar-refractivity contribution is 7.89. The molecule has 0 bridgehead atoms. The van der Waals surface area contributed by atoms with Crippen molar-refractivity contribution in [1.82, 2.24) is 14.6 Å². The van der Waals surface area contributed by atoms with Gasteiger partial charge in [-0.15, -0.1) is 0 Å². The Morgan fingerprint density at radius 3 is 2.67 bits per heavy atom. The molecular weight excluding hydrogens is 390 g/mol. The molecule has 1 fully saturated rings. The van der Waals surface area contributed by atoms with Crippen molar-refractivity contribution in [3.05, 3.63) is 41.0 Å². The molecule has 7 nitrogen and oxygen atoms in total. The van der Waals surface area contributed by atoms with E-state index in [2.05, 4.69) is 10.3 Å². The number of halogens is 1. The topological polar surface area (TPSA) is 88.6 Å². The van der Waals surface area contributed by atoms with E-state index in [1.165, 1.54) is 4.31 Å². The van der Waals surface area contributed by atoms with Gasteiger partial charge in [0, 0.05) is 30.6 Å². The number of morpholine rings is 1. The van der Waals surface area contributed by atoms with E-state index in [1.807, 2.05) is 13.8 Å². The maximum Gasteiger partial charge on any atom is 0.251 e. The number of carbonyl (C=O) groups is 1. The van der Waals surface area contributed by atoms with Gasteiger partial charge in [-0.25, -0.2) is 13.4 Å². The Morgan fingerprint density at radius 2 is 1.96 bits per heavy atom. The van der Waals surface area contributed by atoms with E-state index in [0.29, 0.717) is 29.3 Å². The lowest BCUT2D eigenvalue weighted by atomic mass is 10.1. The number of sulfonamides is 1. The van der Waals surface area contributed by atoms with Gasteiger partial charge < -0.3 is 10.1 Å². The minimum Gasteiger partial charge on any atom is -0.373 e. The second-order valence-corrected chi connectivity index (χ2v) is 9.16. The number of nitrogens with one attached hydrogen (secondary N) is 1. The van der Waals surface area contributed by atoms with Crippen LogP contribution in [0.1, 0.15) is 24.2 Å². The van der Waals surface area contributed by atoms with Crippen molar-refractivity contribution in [3.63, 3.8) is 0 Å². The van der Waals surface area contributed by atoms with Crippen molar-refractivity contribution in [1.29, 1.82) is 0 Å². The van der Waals surface area contributed by atoms with Crippen LogP contribution in [0.2, 0.25) is 5.15 Å². The molecule has 0 spiro atoms. The first-order chi connectivity index (χ1) is 12.7. The number of fused-ring (bicyclic) bond motifs is 1. The molecule has 0 aliphatic carbocycles. The molecule has 1 aromatic carbocycles. The minimum atomic E-state index is -3.45. The molecule has 1 aliphatic rings. The van der Waals surface area contributed by atoms with Crippen LogP contribution in [-0.4, -0.2) is 61.2 Å². The molecule has 3 rings (SSSR count). The van der Waals surface area contributed by atoms with Crippen molar-refractivity contribution < 1.29 is 17.9 Å². The number of nitrogens with zero attached hydrogens (tertiary/aromatic N) is 2. The fraction of sp³-hybridized carbons (Fsp3) is 0.444. The number of pyridine rings is 1. The molecule has 1 saturated heterocycles. The summed E-state index contributed by atoms with van der Waals surface area (Å²) in [4.78, 5) is 16.5. The van der Waals surface area contributed by atoms with Gasteiger partial charge in [-0.2, -0.15) is 4.31 Å². The Labute approximate surface area is 163 Å². The highest BCUT2D eigenvalue weighted by Crippen LogP contribution is 2.17. The molecule has 27 heavy (non-hydrogen) atoms. The number of hydrogen-bond acceptors (Lipinski definition) is 5. The molecular formula is C18H22ClN3O4S. The van der Waals surface area contributed by atoms with Crippen molar-refractivity contribution in [3.8, 4) is 0 Å². The normalized spacial score (nSPS) is 21.3. The number of carbonyl (C=O) groups excluding carboxylic acids is 1. The summed E-state index contributed by atoms with van der Waals surface area (Å²) in [5, 5.41) is 3.84. The molecule has 146 valence electrons. The van der Waals surface area contributed by atoms with E-state index in [-0.39, 0.29) is 30.4 Å². The smallest absolute Gasteiger partial charge is 0.251 e. The minimum absolute atomic E-state index is 0.0399. The first-order valence-corrected chi connectivity index (χ1v) is 10.7. The first kappa shape index (κ1) is 20.0. The number of aromatic nitrogens is 1. The van der Waals surface area contributed by atoms with Gasteiger partial charge >= 0.3 is 0 Å². The number of ether oxygens (including phenoxy) is 1. The molecule has 1 N–H and O–H groups in total. The van der Waals surface area contributed by atoms with Gasteiger partial charge in [0.2, 0.25) is 10.0 Å². The third-order valence-electron chi connectivity index (χ3n) is 4.34. The average Bonchev–Trinajstić information content (AvgIpc) is 2.60. The Kier molecular flexibility index (Phi) is 6.00. The summed E-state index contributed by atoms with van der Waals surface area (Å²) in [6, 6.07) is 8.49. The van der Waals surface area contributed by atoms with E-state index in [0.717, 1.165) is 5.39 Å². The van der Waals surface area contributed by atoms with Gasteiger partial charge in [-0.1, -0.05) is 11.6 Å². The summed E-state index contributed by atoms with van der Waals surface area (Å²) in [6.07, 6.45) is -0.282. The van der Waals surface area contributed by atoms with Crippen LogP contribution < -0.4 is 5.32 Å². The fourth-order valence-corrected chi connectivity index (χ4v) is 4.77. The third-order valence-corrected chi connectivity index (χ3v) is 6.36. The van der Waals surface area contributed by atoms with Gasteiger partial charge in [-0.3, -0.25) is 4.79 Å². The van der Waals surface area contributed by atoms with E-state index >= 15 is 0 Å². The molecule has 2 atom stereocenters. The quantitative estimate of drug-likeness (QED) is 0.761. The second-order valence-electron chi connectivity index (χ2n) is 6.69. The van der Waals surface area contributed by atoms with Gasteiger partial charge in [0.1, 0.15) is 5.15 Å². The SMILES string of the molecule is CC1CN(S(=O)(=O)CCNC(=O)c2ccc3nc(Cl)ccc3c2)CC(C)O1. The van der Waals surface area contributed by atoms with Gasteiger partial charge in [0.05, 0.1) is 23.5 Å². The van der Waals surface area contributed by atoms with E-state index in [9.17, 15) is 13.2 Å². The predicted octanol–water partition coefficient (Wildman–Crippen LogP) is 2.06. The van der Waals surface area contributed by atoms with E-state index in [4.69, 9.17) is 16.3 Å². The Hall–Kier alpha value is -1.74. The number of benzene rings is 1. The monoisotopic (exact) mass is 411 g/mol. The third kappa shape index (κ3) is 4.95. The number of hydrogen-bond donors (Lipinski definition) is 1. The Bertz CT molecular complexity index is 941. The lowest BCUT2D eigenvalue weighted by molar-refractivity contribution is -0.0440. The van der Waals surface area contributed by atoms with Crippen LogP contribution in [0.25, 0.3) is 10.9 Å². The van der Waals surface area contributed by atoms with E-state index in [1.54, 1.807) is 30.3 Å². The van der Waals surface area contributed by atoms with Crippen LogP contribution in [0.15, 0.2) is 30.3 Å². The largest absolute Gasteiger partial charge is 0.373 e. The first-order valence-electron chi connectivity index (χ1n) is 8.72. The van der Waals surface area contributed by atoms with Crippen LogP contribution in [0, 0.1) is 0 Å². The molecule has 2 aromatic rings. The molecule has 0 radical (unpaired) electrons. The van der Waals surface area contributed by atoms with Gasteiger partial charge in [0.25, 0.3) is 5.91 Å². The molecule has 1 aromatic heterocycles. The fourth-order valence-electron chi connectivity index (χ4n) is 3.12. The molecule has 2 unspecified atom stereocenters. The highest BCUT2D eigenvalue weighted by Gasteiger charge is 2.30. The Balaban J connectivity index is 1.59. The standard InChI is InChI=1S/C18H22ClN3O4S/c1-12-10-22(11-13(2)26-12)27(24,25)8-7-20-18(23)15-3-5-16-14(9-15)4-6-17(19)21-16/h3-6,9,12-13H,7-8,10-11H2,1-2H3,(H,20,23). The van der Waals surface area contributed by atoms with Crippen LogP contribution in [0.3, 0.4) is 0 Å². The predicted molar refractivity (Wildman–Crippen MR) is 104 cm³/mol. The summed E-state index contributed by atoms with van der Waals surface area (Å²) < 4.78 is 32.0. The van der Waals surface area contributed by atoms with Gasteiger partial charge in [-0.05, 0) is 44.2 Å². The second kappa shape index (κ2) is 8.10. The lowest BCUT2D eigenvalue weighted by Gasteiger charge is -2.34.